The predicted octanol–water partition coefficient (Wildman–Crippen LogP) is 19.2. The molecule has 0 aromatic rings. The van der Waals surface area contributed by atoms with Crippen LogP contribution in [-0.2, 0) is 28.6 Å². The van der Waals surface area contributed by atoms with E-state index in [0.717, 1.165) is 154 Å². The van der Waals surface area contributed by atoms with Crippen molar-refractivity contribution in [3.05, 3.63) is 146 Å². The third-order valence-corrected chi connectivity index (χ3v) is 11.3. The number of ether oxygens (including phenoxy) is 3. The first-order valence-electron chi connectivity index (χ1n) is 28.3. The van der Waals surface area contributed by atoms with E-state index in [1.54, 1.807) is 0 Å². The first-order valence-corrected chi connectivity index (χ1v) is 28.3. The van der Waals surface area contributed by atoms with Gasteiger partial charge in [-0.05, 0) is 135 Å². The summed E-state index contributed by atoms with van der Waals surface area (Å²) in [7, 11) is 0. The number of hydrogen-bond donors (Lipinski definition) is 0. The molecule has 0 aromatic carbocycles. The van der Waals surface area contributed by atoms with Gasteiger partial charge < -0.3 is 14.2 Å². The summed E-state index contributed by atoms with van der Waals surface area (Å²) in [5, 5.41) is 0. The minimum Gasteiger partial charge on any atom is -0.462 e. The number of carbonyl (C=O) groups excluding carboxylic acids is 3. The van der Waals surface area contributed by atoms with E-state index >= 15 is 0 Å². The van der Waals surface area contributed by atoms with Crippen LogP contribution in [0.2, 0.25) is 0 Å². The van der Waals surface area contributed by atoms with E-state index in [-0.39, 0.29) is 44.0 Å². The smallest absolute Gasteiger partial charge is 0.306 e. The lowest BCUT2D eigenvalue weighted by Gasteiger charge is -2.18. The maximum absolute atomic E-state index is 12.8. The lowest BCUT2D eigenvalue weighted by Crippen LogP contribution is -2.30. The van der Waals surface area contributed by atoms with Crippen LogP contribution in [0, 0.1) is 0 Å². The molecule has 0 saturated carbocycles. The highest BCUT2D eigenvalue weighted by atomic mass is 16.6. The first-order chi connectivity index (χ1) is 35.0. The molecule has 0 aliphatic heterocycles. The second kappa shape index (κ2) is 57.9. The standard InChI is InChI=1S/C65H102O6/c1-4-7-10-13-16-19-22-25-28-29-30-31-32-33-34-35-38-40-43-46-49-52-55-58-64(67)70-61-62(71-65(68)59-56-53-50-47-44-41-37-27-24-21-18-15-12-9-6-3)60-69-63(66)57-54-51-48-45-42-39-36-26-23-20-17-14-11-8-5-2/h7,9-10,12,16-21,25-28,30-31,33-34,36-38,40,46,49,62H,4-6,8,11,13-15,22-24,29,32,35,39,41-45,47-48,50-61H2,1-3H3/b10-7-,12-9-,19-16-,20-17-,21-18-,28-25-,31-30-,34-33-,36-26-,37-27-,40-38-,49-46-. The Morgan fingerprint density at radius 3 is 0.915 bits per heavy atom. The van der Waals surface area contributed by atoms with Gasteiger partial charge in [0.05, 0.1) is 0 Å². The van der Waals surface area contributed by atoms with Crippen molar-refractivity contribution in [3.8, 4) is 0 Å². The van der Waals surface area contributed by atoms with Crippen LogP contribution in [0.4, 0.5) is 0 Å². The van der Waals surface area contributed by atoms with Gasteiger partial charge in [0.2, 0.25) is 0 Å². The Bertz CT molecular complexity index is 1590. The molecule has 6 nitrogen and oxygen atoms in total. The largest absolute Gasteiger partial charge is 0.462 e. The lowest BCUT2D eigenvalue weighted by molar-refractivity contribution is -0.167. The Hall–Kier alpha value is -4.71. The zero-order chi connectivity index (χ0) is 51.4. The Kier molecular flexibility index (Phi) is 54.0. The lowest BCUT2D eigenvalue weighted by atomic mass is 10.1. The SMILES string of the molecule is CC/C=C\C/C=C\C/C=C\C/C=C\C/C=C\C/C=C\C/C=C\CCCC(=O)OCC(COC(=O)CCCCCCC/C=C\C/C=C\CCCCC)OC(=O)CCCCCCC/C=C\C/C=C\C/C=C\CC. The van der Waals surface area contributed by atoms with E-state index < -0.39 is 6.10 Å². The van der Waals surface area contributed by atoms with Gasteiger partial charge in [-0.15, -0.1) is 0 Å². The summed E-state index contributed by atoms with van der Waals surface area (Å²) in [4.78, 5) is 38.1. The molecule has 71 heavy (non-hydrogen) atoms. The van der Waals surface area contributed by atoms with E-state index in [4.69, 9.17) is 14.2 Å². The van der Waals surface area contributed by atoms with Gasteiger partial charge in [0.25, 0.3) is 0 Å². The van der Waals surface area contributed by atoms with Crippen molar-refractivity contribution in [2.75, 3.05) is 13.2 Å². The molecule has 0 saturated heterocycles. The molecular weight excluding hydrogens is 877 g/mol. The van der Waals surface area contributed by atoms with Crippen LogP contribution in [0.1, 0.15) is 226 Å². The quantitative estimate of drug-likeness (QED) is 0.0262. The van der Waals surface area contributed by atoms with Crippen molar-refractivity contribution in [2.45, 2.75) is 232 Å². The van der Waals surface area contributed by atoms with Gasteiger partial charge in [-0.1, -0.05) is 218 Å². The Labute approximate surface area is 436 Å². The zero-order valence-corrected chi connectivity index (χ0v) is 45.4. The third kappa shape index (κ3) is 56.1. The number of rotatable bonds is 49. The topological polar surface area (TPSA) is 78.9 Å². The molecule has 6 heteroatoms. The van der Waals surface area contributed by atoms with Gasteiger partial charge in [-0.25, -0.2) is 0 Å². The van der Waals surface area contributed by atoms with Crippen molar-refractivity contribution in [1.29, 1.82) is 0 Å². The van der Waals surface area contributed by atoms with Gasteiger partial charge in [0.1, 0.15) is 13.2 Å². The number of unbranched alkanes of at least 4 members (excludes halogenated alkanes) is 14. The molecule has 0 rings (SSSR count). The van der Waals surface area contributed by atoms with Gasteiger partial charge in [0.15, 0.2) is 6.10 Å². The average Bonchev–Trinajstić information content (AvgIpc) is 3.37. The molecule has 1 atom stereocenters. The summed E-state index contributed by atoms with van der Waals surface area (Å²) in [5.74, 6) is -1.02. The Balaban J connectivity index is 4.54. The van der Waals surface area contributed by atoms with E-state index in [2.05, 4.69) is 167 Å². The van der Waals surface area contributed by atoms with Crippen LogP contribution < -0.4 is 0 Å². The van der Waals surface area contributed by atoms with Gasteiger partial charge >= 0.3 is 17.9 Å². The van der Waals surface area contributed by atoms with Crippen molar-refractivity contribution in [1.82, 2.24) is 0 Å². The summed E-state index contributed by atoms with van der Waals surface area (Å²) in [6.45, 7) is 6.30. The van der Waals surface area contributed by atoms with Gasteiger partial charge in [-0.2, -0.15) is 0 Å². The molecule has 0 aliphatic rings. The van der Waals surface area contributed by atoms with Crippen LogP contribution >= 0.6 is 0 Å². The zero-order valence-electron chi connectivity index (χ0n) is 45.4. The van der Waals surface area contributed by atoms with Crippen LogP contribution in [0.3, 0.4) is 0 Å². The second-order valence-electron chi connectivity index (χ2n) is 18.1. The molecule has 1 unspecified atom stereocenters. The molecule has 0 amide bonds. The van der Waals surface area contributed by atoms with Crippen LogP contribution in [0.15, 0.2) is 146 Å². The molecule has 398 valence electrons. The van der Waals surface area contributed by atoms with Crippen LogP contribution in [0.25, 0.3) is 0 Å². The highest BCUT2D eigenvalue weighted by molar-refractivity contribution is 5.71. The minimum atomic E-state index is -0.823. The van der Waals surface area contributed by atoms with Gasteiger partial charge in [-0.3, -0.25) is 14.4 Å². The third-order valence-electron chi connectivity index (χ3n) is 11.3. The van der Waals surface area contributed by atoms with Crippen molar-refractivity contribution >= 4 is 17.9 Å². The monoisotopic (exact) mass is 979 g/mol. The van der Waals surface area contributed by atoms with E-state index in [9.17, 15) is 14.4 Å². The maximum Gasteiger partial charge on any atom is 0.306 e. The fourth-order valence-electron chi connectivity index (χ4n) is 7.12. The number of hydrogen-bond acceptors (Lipinski definition) is 6. The number of carbonyl (C=O) groups is 3. The van der Waals surface area contributed by atoms with Crippen molar-refractivity contribution in [3.63, 3.8) is 0 Å². The van der Waals surface area contributed by atoms with E-state index in [1.165, 1.54) is 25.7 Å². The first kappa shape index (κ1) is 66.3. The molecule has 0 heterocycles. The molecular formula is C65H102O6. The molecule has 0 bridgehead atoms. The van der Waals surface area contributed by atoms with Crippen molar-refractivity contribution in [2.24, 2.45) is 0 Å². The Morgan fingerprint density at radius 1 is 0.296 bits per heavy atom. The summed E-state index contributed by atoms with van der Waals surface area (Å²) >= 11 is 0. The van der Waals surface area contributed by atoms with E-state index in [0.29, 0.717) is 12.8 Å². The molecule has 0 radical (unpaired) electrons. The predicted molar refractivity (Wildman–Crippen MR) is 306 cm³/mol. The average molecular weight is 980 g/mol. The summed E-state index contributed by atoms with van der Waals surface area (Å²) in [5.41, 5.74) is 0. The normalized spacial score (nSPS) is 13.2. The summed E-state index contributed by atoms with van der Waals surface area (Å²) < 4.78 is 16.8. The summed E-state index contributed by atoms with van der Waals surface area (Å²) in [6, 6.07) is 0. The number of allylic oxidation sites excluding steroid dienone is 24. The molecule has 0 spiro atoms. The van der Waals surface area contributed by atoms with Crippen molar-refractivity contribution < 1.29 is 28.6 Å². The molecule has 0 fully saturated rings. The van der Waals surface area contributed by atoms with Crippen LogP contribution in [0.5, 0.6) is 0 Å². The molecule has 0 aromatic heterocycles. The highest BCUT2D eigenvalue weighted by Gasteiger charge is 2.19. The van der Waals surface area contributed by atoms with E-state index in [1.807, 2.05) is 0 Å². The second-order valence-corrected chi connectivity index (χ2v) is 18.1. The maximum atomic E-state index is 12.8. The molecule has 0 N–H and O–H groups in total. The Morgan fingerprint density at radius 2 is 0.563 bits per heavy atom. The summed E-state index contributed by atoms with van der Waals surface area (Å²) in [6.07, 6.45) is 82.7. The van der Waals surface area contributed by atoms with Crippen LogP contribution in [-0.4, -0.2) is 37.2 Å². The minimum absolute atomic E-state index is 0.116. The highest BCUT2D eigenvalue weighted by Crippen LogP contribution is 2.12. The fraction of sp³-hybridized carbons (Fsp3) is 0.585. The van der Waals surface area contributed by atoms with Gasteiger partial charge in [0, 0.05) is 19.3 Å². The fourth-order valence-corrected chi connectivity index (χ4v) is 7.12. The number of esters is 3. The molecule has 0 aliphatic carbocycles.